The van der Waals surface area contributed by atoms with Crippen LogP contribution in [0.4, 0.5) is 0 Å². The summed E-state index contributed by atoms with van der Waals surface area (Å²) < 4.78 is 10.7. The highest BCUT2D eigenvalue weighted by Gasteiger charge is 1.89. The van der Waals surface area contributed by atoms with Gasteiger partial charge in [0.15, 0.2) is 0 Å². The van der Waals surface area contributed by atoms with E-state index in [2.05, 4.69) is 4.74 Å². The van der Waals surface area contributed by atoms with Gasteiger partial charge in [-0.3, -0.25) is 0 Å². The Balaban J connectivity index is 3.63. The van der Waals surface area contributed by atoms with Gasteiger partial charge < -0.3 is 10.5 Å². The first-order valence-electron chi connectivity index (χ1n) is 2.77. The van der Waals surface area contributed by atoms with Crippen LogP contribution in [0.2, 0.25) is 0 Å². The van der Waals surface area contributed by atoms with Crippen LogP contribution in [0.5, 0.6) is 0 Å². The summed E-state index contributed by atoms with van der Waals surface area (Å²) in [6.45, 7) is 1.57. The van der Waals surface area contributed by atoms with Crippen molar-refractivity contribution in [3.8, 4) is 0 Å². The molecule has 0 amide bonds. The SMILES string of the molecule is [3H]COC(=O)/C=C(\C)N. The molecule has 0 aliphatic rings. The van der Waals surface area contributed by atoms with Crippen molar-refractivity contribution in [2.24, 2.45) is 5.73 Å². The highest BCUT2D eigenvalue weighted by molar-refractivity contribution is 5.82. The van der Waals surface area contributed by atoms with E-state index in [-0.39, 0.29) is 7.09 Å². The van der Waals surface area contributed by atoms with Gasteiger partial charge in [-0.05, 0) is 6.92 Å². The Morgan fingerprint density at radius 3 is 3.00 bits per heavy atom. The highest BCUT2D eigenvalue weighted by atomic mass is 16.5. The van der Waals surface area contributed by atoms with Crippen molar-refractivity contribution in [3.05, 3.63) is 11.8 Å². The average Bonchev–Trinajstić information content (AvgIpc) is 1.63. The molecule has 0 radical (unpaired) electrons. The van der Waals surface area contributed by atoms with Gasteiger partial charge in [0, 0.05) is 11.8 Å². The number of carbonyl (C=O) groups is 1. The molecule has 0 bridgehead atoms. The number of carbonyl (C=O) groups excluding carboxylic acids is 1. The van der Waals surface area contributed by atoms with E-state index in [1.165, 1.54) is 0 Å². The third kappa shape index (κ3) is 3.21. The van der Waals surface area contributed by atoms with Gasteiger partial charge in [-0.1, -0.05) is 0 Å². The molecule has 0 aromatic carbocycles. The third-order valence-corrected chi connectivity index (χ3v) is 0.488. The van der Waals surface area contributed by atoms with Gasteiger partial charge in [-0.2, -0.15) is 0 Å². The molecule has 0 aliphatic heterocycles. The molecule has 0 heterocycles. The maximum absolute atomic E-state index is 10.4. The lowest BCUT2D eigenvalue weighted by Crippen LogP contribution is -2.00. The Morgan fingerprint density at radius 2 is 2.62 bits per heavy atom. The summed E-state index contributed by atoms with van der Waals surface area (Å²) in [7, 11) is -0.359. The molecular weight excluding hydrogens is 106 g/mol. The normalized spacial score (nSPS) is 12.6. The quantitative estimate of drug-likeness (QED) is 0.389. The summed E-state index contributed by atoms with van der Waals surface area (Å²) in [5, 5.41) is 0. The average molecular weight is 117 g/mol. The molecule has 0 rings (SSSR count). The fourth-order valence-electron chi connectivity index (χ4n) is 0.228. The molecule has 2 N–H and O–H groups in total. The molecule has 0 aromatic heterocycles. The lowest BCUT2D eigenvalue weighted by molar-refractivity contribution is -0.134. The van der Waals surface area contributed by atoms with Gasteiger partial charge in [-0.15, -0.1) is 0 Å². The van der Waals surface area contributed by atoms with E-state index in [4.69, 9.17) is 7.10 Å². The predicted molar refractivity (Wildman–Crippen MR) is 30.0 cm³/mol. The van der Waals surface area contributed by atoms with Gasteiger partial charge in [0.1, 0.15) is 0 Å². The van der Waals surface area contributed by atoms with Crippen molar-refractivity contribution >= 4 is 5.97 Å². The standard InChI is InChI=1S/C5H9NO2/c1-4(6)3-5(7)8-2/h3H,6H2,1-2H3/b4-3+/i2T. The van der Waals surface area contributed by atoms with E-state index < -0.39 is 5.97 Å². The first-order valence-corrected chi connectivity index (χ1v) is 2.06. The van der Waals surface area contributed by atoms with Crippen LogP contribution in [-0.4, -0.2) is 13.1 Å². The maximum atomic E-state index is 10.4. The Hall–Kier alpha value is -0.990. The molecule has 3 nitrogen and oxygen atoms in total. The molecule has 0 aromatic rings. The van der Waals surface area contributed by atoms with E-state index in [9.17, 15) is 4.79 Å². The van der Waals surface area contributed by atoms with Crippen LogP contribution in [-0.2, 0) is 9.53 Å². The molecule has 0 aliphatic carbocycles. The third-order valence-electron chi connectivity index (χ3n) is 0.488. The van der Waals surface area contributed by atoms with Gasteiger partial charge in [0.05, 0.1) is 8.46 Å². The lowest BCUT2D eigenvalue weighted by atomic mass is 10.4. The topological polar surface area (TPSA) is 52.3 Å². The summed E-state index contributed by atoms with van der Waals surface area (Å²) >= 11 is 0. The van der Waals surface area contributed by atoms with Gasteiger partial charge in [0.2, 0.25) is 0 Å². The summed E-state index contributed by atoms with van der Waals surface area (Å²) in [5.41, 5.74) is 5.51. The van der Waals surface area contributed by atoms with E-state index in [0.29, 0.717) is 5.70 Å². The molecule has 0 unspecified atom stereocenters. The number of hydrogen-bond acceptors (Lipinski definition) is 3. The van der Waals surface area contributed by atoms with Crippen molar-refractivity contribution in [1.82, 2.24) is 0 Å². The molecule has 8 heavy (non-hydrogen) atoms. The van der Waals surface area contributed by atoms with Gasteiger partial charge in [-0.25, -0.2) is 4.79 Å². The van der Waals surface area contributed by atoms with E-state index in [0.717, 1.165) is 6.08 Å². The minimum absolute atomic E-state index is 0.359. The molecular formula is C5H9NO2. The number of nitrogens with two attached hydrogens (primary N) is 1. The molecule has 3 heteroatoms. The summed E-state index contributed by atoms with van der Waals surface area (Å²) in [6.07, 6.45) is 1.13. The number of esters is 1. The molecule has 0 saturated carbocycles. The number of methoxy groups -OCH3 is 1. The largest absolute Gasteiger partial charge is 0.466 e. The van der Waals surface area contributed by atoms with Crippen LogP contribution < -0.4 is 5.73 Å². The molecule has 46 valence electrons. The van der Waals surface area contributed by atoms with Crippen molar-refractivity contribution in [2.75, 3.05) is 7.09 Å². The van der Waals surface area contributed by atoms with Crippen LogP contribution in [0.1, 0.15) is 8.29 Å². The Labute approximate surface area is 49.5 Å². The fourth-order valence-corrected chi connectivity index (χ4v) is 0.228. The van der Waals surface area contributed by atoms with E-state index in [1.807, 2.05) is 0 Å². The number of ether oxygens (including phenoxy) is 1. The first kappa shape index (κ1) is 5.15. The van der Waals surface area contributed by atoms with Crippen molar-refractivity contribution in [3.63, 3.8) is 0 Å². The van der Waals surface area contributed by atoms with Crippen LogP contribution in [0.25, 0.3) is 0 Å². The summed E-state index contributed by atoms with van der Waals surface area (Å²) in [4.78, 5) is 10.4. The second-order valence-corrected chi connectivity index (χ2v) is 1.35. The lowest BCUT2D eigenvalue weighted by Gasteiger charge is -1.89. The number of rotatable bonds is 1. The zero-order valence-electron chi connectivity index (χ0n) is 5.68. The predicted octanol–water partition coefficient (Wildman–Crippen LogP) is 0.0219. The molecule has 0 fully saturated rings. The maximum Gasteiger partial charge on any atom is 0.332 e. The highest BCUT2D eigenvalue weighted by Crippen LogP contribution is 1.80. The van der Waals surface area contributed by atoms with Crippen molar-refractivity contribution in [1.29, 1.82) is 0 Å². The summed E-state index contributed by atoms with van der Waals surface area (Å²) in [5.74, 6) is -0.565. The zero-order chi connectivity index (χ0) is 7.28. The second-order valence-electron chi connectivity index (χ2n) is 1.35. The molecule has 0 spiro atoms. The zero-order valence-corrected chi connectivity index (χ0v) is 4.68. The Kier molecular flexibility index (Phi) is 1.98. The molecule has 0 saturated heterocycles. The van der Waals surface area contributed by atoms with E-state index >= 15 is 0 Å². The van der Waals surface area contributed by atoms with Crippen LogP contribution in [0.3, 0.4) is 0 Å². The first-order chi connectivity index (χ1) is 4.16. The minimum atomic E-state index is -0.565. The Morgan fingerprint density at radius 1 is 2.00 bits per heavy atom. The smallest absolute Gasteiger partial charge is 0.332 e. The van der Waals surface area contributed by atoms with Crippen LogP contribution in [0.15, 0.2) is 11.8 Å². The number of allylic oxidation sites excluding steroid dienone is 1. The van der Waals surface area contributed by atoms with Crippen molar-refractivity contribution < 1.29 is 10.9 Å². The van der Waals surface area contributed by atoms with Crippen LogP contribution >= 0.6 is 0 Å². The molecule has 0 atom stereocenters. The number of hydrogen-bond donors (Lipinski definition) is 1. The monoisotopic (exact) mass is 117 g/mol. The Bertz CT molecular complexity index is 129. The van der Waals surface area contributed by atoms with Crippen LogP contribution in [0, 0.1) is 0 Å². The summed E-state index contributed by atoms with van der Waals surface area (Å²) in [6, 6.07) is 0. The second kappa shape index (κ2) is 3.07. The van der Waals surface area contributed by atoms with Gasteiger partial charge >= 0.3 is 5.97 Å². The van der Waals surface area contributed by atoms with Gasteiger partial charge in [0.25, 0.3) is 0 Å². The minimum Gasteiger partial charge on any atom is -0.466 e. The fraction of sp³-hybridized carbons (Fsp3) is 0.400. The van der Waals surface area contributed by atoms with E-state index in [1.54, 1.807) is 6.92 Å². The van der Waals surface area contributed by atoms with Crippen molar-refractivity contribution in [2.45, 2.75) is 6.92 Å².